The molecule has 2 aliphatic rings. The molecule has 2 saturated heterocycles. The summed E-state index contributed by atoms with van der Waals surface area (Å²) in [6.45, 7) is 3.28. The van der Waals surface area contributed by atoms with Crippen LogP contribution in [0.4, 0.5) is 0 Å². The smallest absolute Gasteiger partial charge is 0.0795 e. The van der Waals surface area contributed by atoms with Gasteiger partial charge in [-0.15, -0.1) is 0 Å². The molecule has 3 nitrogen and oxygen atoms in total. The summed E-state index contributed by atoms with van der Waals surface area (Å²) in [5.41, 5.74) is 0.227. The van der Waals surface area contributed by atoms with E-state index in [2.05, 4.69) is 29.0 Å². The van der Waals surface area contributed by atoms with E-state index < -0.39 is 0 Å². The molecule has 0 radical (unpaired) electrons. The van der Waals surface area contributed by atoms with Gasteiger partial charge in [-0.1, -0.05) is 0 Å². The molecule has 0 aliphatic carbocycles. The standard InChI is InChI=1S/C13H26N2OS/c1-14-6-3-7-15(2)12-4-8-16-13(10-12)5-9-17-11-13/h12,14H,3-11H2,1-2H3. The molecule has 0 amide bonds. The number of nitrogens with zero attached hydrogens (tertiary/aromatic N) is 1. The lowest BCUT2D eigenvalue weighted by Gasteiger charge is -2.41. The molecule has 0 saturated carbocycles. The number of rotatable bonds is 5. The summed E-state index contributed by atoms with van der Waals surface area (Å²) in [5, 5.41) is 3.22. The normalized spacial score (nSPS) is 33.7. The van der Waals surface area contributed by atoms with Crippen LogP contribution in [0.25, 0.3) is 0 Å². The number of ether oxygens (including phenoxy) is 1. The minimum absolute atomic E-state index is 0.227. The molecular formula is C13H26N2OS. The molecule has 2 atom stereocenters. The van der Waals surface area contributed by atoms with E-state index in [0.29, 0.717) is 0 Å². The number of nitrogens with one attached hydrogen (secondary N) is 1. The maximum absolute atomic E-state index is 6.07. The first-order valence-corrected chi connectivity index (χ1v) is 7.98. The summed E-state index contributed by atoms with van der Waals surface area (Å²) in [4.78, 5) is 2.55. The average molecular weight is 258 g/mol. The zero-order valence-corrected chi connectivity index (χ0v) is 12.0. The minimum atomic E-state index is 0.227. The Hall–Kier alpha value is 0.230. The molecule has 2 aliphatic heterocycles. The molecule has 0 aromatic rings. The summed E-state index contributed by atoms with van der Waals surface area (Å²) < 4.78 is 6.07. The van der Waals surface area contributed by atoms with Crippen LogP contribution < -0.4 is 5.32 Å². The Labute approximate surface area is 110 Å². The molecule has 1 spiro atoms. The van der Waals surface area contributed by atoms with Crippen molar-refractivity contribution in [2.24, 2.45) is 0 Å². The second-order valence-electron chi connectivity index (χ2n) is 5.42. The first-order valence-electron chi connectivity index (χ1n) is 6.82. The fourth-order valence-electron chi connectivity index (χ4n) is 2.93. The summed E-state index contributed by atoms with van der Waals surface area (Å²) in [6.07, 6.45) is 4.96. The monoisotopic (exact) mass is 258 g/mol. The van der Waals surface area contributed by atoms with Gasteiger partial charge in [0.05, 0.1) is 5.60 Å². The van der Waals surface area contributed by atoms with E-state index in [1.807, 2.05) is 7.05 Å². The SMILES string of the molecule is CNCCCN(C)C1CCOC2(CCSC2)C1. The predicted molar refractivity (Wildman–Crippen MR) is 74.8 cm³/mol. The quantitative estimate of drug-likeness (QED) is 0.757. The highest BCUT2D eigenvalue weighted by atomic mass is 32.2. The van der Waals surface area contributed by atoms with Gasteiger partial charge < -0.3 is 15.0 Å². The molecule has 100 valence electrons. The lowest BCUT2D eigenvalue weighted by atomic mass is 9.89. The van der Waals surface area contributed by atoms with Gasteiger partial charge in [0.2, 0.25) is 0 Å². The highest BCUT2D eigenvalue weighted by Gasteiger charge is 2.41. The minimum Gasteiger partial charge on any atom is -0.374 e. The third-order valence-electron chi connectivity index (χ3n) is 4.10. The highest BCUT2D eigenvalue weighted by molar-refractivity contribution is 7.99. The Balaban J connectivity index is 1.79. The van der Waals surface area contributed by atoms with Crippen LogP contribution in [-0.4, -0.2) is 61.8 Å². The van der Waals surface area contributed by atoms with Crippen molar-refractivity contribution in [1.82, 2.24) is 10.2 Å². The second-order valence-corrected chi connectivity index (χ2v) is 6.52. The zero-order valence-electron chi connectivity index (χ0n) is 11.2. The van der Waals surface area contributed by atoms with E-state index >= 15 is 0 Å². The van der Waals surface area contributed by atoms with Crippen molar-refractivity contribution in [2.75, 3.05) is 45.3 Å². The van der Waals surface area contributed by atoms with E-state index in [1.54, 1.807) is 0 Å². The number of hydrogen-bond acceptors (Lipinski definition) is 4. The Morgan fingerprint density at radius 3 is 3.12 bits per heavy atom. The lowest BCUT2D eigenvalue weighted by molar-refractivity contribution is -0.0864. The summed E-state index contributed by atoms with van der Waals surface area (Å²) in [6, 6.07) is 0.735. The van der Waals surface area contributed by atoms with Crippen molar-refractivity contribution in [3.63, 3.8) is 0 Å². The first-order chi connectivity index (χ1) is 8.26. The molecule has 2 rings (SSSR count). The third kappa shape index (κ3) is 3.60. The molecule has 2 heterocycles. The lowest BCUT2D eigenvalue weighted by Crippen LogP contribution is -2.48. The molecule has 0 aromatic heterocycles. The Bertz CT molecular complexity index is 231. The summed E-state index contributed by atoms with van der Waals surface area (Å²) in [5.74, 6) is 2.50. The number of thioether (sulfide) groups is 1. The van der Waals surface area contributed by atoms with Crippen molar-refractivity contribution in [3.05, 3.63) is 0 Å². The van der Waals surface area contributed by atoms with E-state index in [4.69, 9.17) is 4.74 Å². The predicted octanol–water partition coefficient (Wildman–Crippen LogP) is 1.58. The average Bonchev–Trinajstić information content (AvgIpc) is 2.77. The van der Waals surface area contributed by atoms with Gasteiger partial charge in [-0.2, -0.15) is 11.8 Å². The van der Waals surface area contributed by atoms with Crippen LogP contribution in [0, 0.1) is 0 Å². The van der Waals surface area contributed by atoms with Gasteiger partial charge in [0.15, 0.2) is 0 Å². The zero-order chi connectivity index (χ0) is 12.1. The molecule has 0 bridgehead atoms. The maximum atomic E-state index is 6.07. The highest BCUT2D eigenvalue weighted by Crippen LogP contribution is 2.39. The van der Waals surface area contributed by atoms with Crippen molar-refractivity contribution < 1.29 is 4.74 Å². The molecule has 0 aromatic carbocycles. The Morgan fingerprint density at radius 2 is 2.41 bits per heavy atom. The van der Waals surface area contributed by atoms with E-state index in [-0.39, 0.29) is 5.60 Å². The molecule has 1 N–H and O–H groups in total. The van der Waals surface area contributed by atoms with Gasteiger partial charge in [0.1, 0.15) is 0 Å². The molecule has 17 heavy (non-hydrogen) atoms. The second kappa shape index (κ2) is 6.41. The van der Waals surface area contributed by atoms with Crippen LogP contribution in [0.15, 0.2) is 0 Å². The van der Waals surface area contributed by atoms with Gasteiger partial charge >= 0.3 is 0 Å². The maximum Gasteiger partial charge on any atom is 0.0795 e. The van der Waals surface area contributed by atoms with Crippen LogP contribution in [0.3, 0.4) is 0 Å². The third-order valence-corrected chi connectivity index (χ3v) is 5.32. The first kappa shape index (κ1) is 13.7. The van der Waals surface area contributed by atoms with Crippen LogP contribution >= 0.6 is 11.8 Å². The van der Waals surface area contributed by atoms with Crippen LogP contribution in [0.1, 0.15) is 25.7 Å². The Morgan fingerprint density at radius 1 is 1.53 bits per heavy atom. The largest absolute Gasteiger partial charge is 0.374 e. The fraction of sp³-hybridized carbons (Fsp3) is 1.00. The molecule has 4 heteroatoms. The number of hydrogen-bond donors (Lipinski definition) is 1. The molecule has 2 unspecified atom stereocenters. The van der Waals surface area contributed by atoms with Crippen molar-refractivity contribution in [1.29, 1.82) is 0 Å². The van der Waals surface area contributed by atoms with Gasteiger partial charge in [0.25, 0.3) is 0 Å². The fourth-order valence-corrected chi connectivity index (χ4v) is 4.31. The van der Waals surface area contributed by atoms with Gasteiger partial charge in [0, 0.05) is 18.4 Å². The van der Waals surface area contributed by atoms with Crippen LogP contribution in [0.2, 0.25) is 0 Å². The van der Waals surface area contributed by atoms with Gasteiger partial charge in [-0.3, -0.25) is 0 Å². The van der Waals surface area contributed by atoms with Crippen molar-refractivity contribution in [3.8, 4) is 0 Å². The van der Waals surface area contributed by atoms with Crippen LogP contribution in [0.5, 0.6) is 0 Å². The van der Waals surface area contributed by atoms with E-state index in [9.17, 15) is 0 Å². The topological polar surface area (TPSA) is 24.5 Å². The summed E-state index contributed by atoms with van der Waals surface area (Å²) in [7, 11) is 4.31. The van der Waals surface area contributed by atoms with Gasteiger partial charge in [-0.05, 0) is 58.6 Å². The molecular weight excluding hydrogens is 232 g/mol. The van der Waals surface area contributed by atoms with E-state index in [1.165, 1.54) is 43.7 Å². The Kier molecular flexibility index (Phi) is 5.15. The van der Waals surface area contributed by atoms with Crippen molar-refractivity contribution in [2.45, 2.75) is 37.3 Å². The van der Waals surface area contributed by atoms with Gasteiger partial charge in [-0.25, -0.2) is 0 Å². The van der Waals surface area contributed by atoms with Crippen LogP contribution in [-0.2, 0) is 4.74 Å². The van der Waals surface area contributed by atoms with Crippen molar-refractivity contribution >= 4 is 11.8 Å². The summed E-state index contributed by atoms with van der Waals surface area (Å²) >= 11 is 2.06. The molecule has 2 fully saturated rings. The van der Waals surface area contributed by atoms with E-state index in [0.717, 1.165) is 19.2 Å².